The van der Waals surface area contributed by atoms with Crippen LogP contribution in [0.2, 0.25) is 5.02 Å². The van der Waals surface area contributed by atoms with Gasteiger partial charge in [-0.05, 0) is 29.2 Å². The van der Waals surface area contributed by atoms with Gasteiger partial charge >= 0.3 is 11.8 Å². The third-order valence-electron chi connectivity index (χ3n) is 3.24. The van der Waals surface area contributed by atoms with Gasteiger partial charge in [-0.15, -0.1) is 0 Å². The first-order chi connectivity index (χ1) is 11.1. The molecule has 1 aromatic carbocycles. The number of carboxylic acid groups (broad SMARTS) is 1. The van der Waals surface area contributed by atoms with E-state index in [2.05, 4.69) is 4.98 Å². The van der Waals surface area contributed by atoms with E-state index in [1.54, 1.807) is 45.0 Å². The van der Waals surface area contributed by atoms with Crippen LogP contribution >= 0.6 is 11.6 Å². The summed E-state index contributed by atoms with van der Waals surface area (Å²) in [6.07, 6.45) is 1.97. The number of aromatic nitrogens is 2. The lowest BCUT2D eigenvalue weighted by atomic mass is 9.92. The van der Waals surface area contributed by atoms with E-state index in [4.69, 9.17) is 16.7 Å². The molecule has 0 amide bonds. The van der Waals surface area contributed by atoms with Crippen LogP contribution in [0.5, 0.6) is 0 Å². The molecule has 0 saturated carbocycles. The molecule has 2 aromatic rings. The first-order valence-corrected chi connectivity index (χ1v) is 7.43. The Kier molecular flexibility index (Phi) is 4.75. The second-order valence-electron chi connectivity index (χ2n) is 6.15. The van der Waals surface area contributed by atoms with E-state index < -0.39 is 16.3 Å². The zero-order valence-corrected chi connectivity index (χ0v) is 14.1. The molecule has 24 heavy (non-hydrogen) atoms. The summed E-state index contributed by atoms with van der Waals surface area (Å²) in [5.41, 5.74) is 0.270. The fourth-order valence-corrected chi connectivity index (χ4v) is 2.31. The summed E-state index contributed by atoms with van der Waals surface area (Å²) in [7, 11) is 0. The highest BCUT2D eigenvalue weighted by Gasteiger charge is 2.34. The van der Waals surface area contributed by atoms with E-state index in [-0.39, 0.29) is 17.3 Å². The van der Waals surface area contributed by atoms with Crippen molar-refractivity contribution in [3.05, 3.63) is 51.2 Å². The molecule has 0 aliphatic carbocycles. The van der Waals surface area contributed by atoms with Crippen molar-refractivity contribution in [2.75, 3.05) is 0 Å². The molecule has 0 atom stereocenters. The molecule has 0 spiro atoms. The smallest absolute Gasteiger partial charge is 0.351 e. The van der Waals surface area contributed by atoms with E-state index >= 15 is 0 Å². The molecule has 8 heteroatoms. The fourth-order valence-electron chi connectivity index (χ4n) is 2.18. The Labute approximate surface area is 143 Å². The van der Waals surface area contributed by atoms with Crippen molar-refractivity contribution < 1.29 is 14.8 Å². The first-order valence-electron chi connectivity index (χ1n) is 7.05. The molecule has 0 bridgehead atoms. The van der Waals surface area contributed by atoms with Gasteiger partial charge in [0.2, 0.25) is 5.82 Å². The van der Waals surface area contributed by atoms with Gasteiger partial charge < -0.3 is 15.2 Å². The quantitative estimate of drug-likeness (QED) is 0.511. The zero-order valence-electron chi connectivity index (χ0n) is 13.4. The number of carbonyl (C=O) groups is 1. The number of nitrogens with zero attached hydrogens (tertiary/aromatic N) is 3. The number of hydrogen-bond donors (Lipinski definition) is 1. The molecule has 0 fully saturated rings. The summed E-state index contributed by atoms with van der Waals surface area (Å²) >= 11 is 5.87. The molecule has 1 aromatic heterocycles. The van der Waals surface area contributed by atoms with Gasteiger partial charge in [0.15, 0.2) is 0 Å². The van der Waals surface area contributed by atoms with Gasteiger partial charge in [0.05, 0.1) is 6.08 Å². The van der Waals surface area contributed by atoms with Crippen molar-refractivity contribution in [1.29, 1.82) is 0 Å². The van der Waals surface area contributed by atoms with Gasteiger partial charge in [-0.2, -0.15) is 4.57 Å². The van der Waals surface area contributed by atoms with E-state index in [9.17, 15) is 14.9 Å². The van der Waals surface area contributed by atoms with Crippen LogP contribution in [0.4, 0.5) is 5.82 Å². The van der Waals surface area contributed by atoms with Crippen LogP contribution in [0.1, 0.15) is 26.5 Å². The minimum Gasteiger partial charge on any atom is -0.478 e. The minimum atomic E-state index is -1.21. The number of halogens is 1. The summed E-state index contributed by atoms with van der Waals surface area (Å²) in [4.78, 5) is 26.3. The molecule has 0 radical (unpaired) electrons. The van der Waals surface area contributed by atoms with Crippen LogP contribution in [0, 0.1) is 10.1 Å². The lowest BCUT2D eigenvalue weighted by Gasteiger charge is -2.14. The fraction of sp³-hybridized carbons (Fsp3) is 0.250. The minimum absolute atomic E-state index is 0.259. The highest BCUT2D eigenvalue weighted by atomic mass is 35.5. The number of hydrogen-bond acceptors (Lipinski definition) is 4. The van der Waals surface area contributed by atoms with Crippen molar-refractivity contribution in [1.82, 2.24) is 9.55 Å². The van der Waals surface area contributed by atoms with Crippen LogP contribution in [-0.2, 0) is 10.2 Å². The lowest BCUT2D eigenvalue weighted by molar-refractivity contribution is -0.391. The van der Waals surface area contributed by atoms with Gasteiger partial charge in [-0.3, -0.25) is 0 Å². The second-order valence-corrected chi connectivity index (χ2v) is 6.58. The van der Waals surface area contributed by atoms with Gasteiger partial charge in [0.1, 0.15) is 11.9 Å². The zero-order chi connectivity index (χ0) is 18.1. The predicted molar refractivity (Wildman–Crippen MR) is 91.0 cm³/mol. The molecule has 0 saturated heterocycles. The summed E-state index contributed by atoms with van der Waals surface area (Å²) in [6.45, 7) is 5.41. The number of imidazole rings is 1. The number of nitro groups is 1. The third kappa shape index (κ3) is 3.62. The maximum absolute atomic E-state index is 11.6. The van der Waals surface area contributed by atoms with E-state index in [0.717, 1.165) is 12.3 Å². The molecule has 126 valence electrons. The molecular formula is C16H16ClN3O4. The summed E-state index contributed by atoms with van der Waals surface area (Å²) in [5.74, 6) is -1.19. The normalized spacial score (nSPS) is 11.8. The third-order valence-corrected chi connectivity index (χ3v) is 3.49. The Bertz CT molecular complexity index is 817. The topological polar surface area (TPSA) is 98.3 Å². The van der Waals surface area contributed by atoms with Crippen molar-refractivity contribution in [2.45, 2.75) is 26.2 Å². The highest BCUT2D eigenvalue weighted by Crippen LogP contribution is 2.35. The summed E-state index contributed by atoms with van der Waals surface area (Å²) in [5, 5.41) is 21.0. The van der Waals surface area contributed by atoms with Gasteiger partial charge in [0.25, 0.3) is 0 Å². The highest BCUT2D eigenvalue weighted by molar-refractivity contribution is 6.30. The summed E-state index contributed by atoms with van der Waals surface area (Å²) in [6, 6.07) is 6.62. The van der Waals surface area contributed by atoms with Crippen LogP contribution in [0.25, 0.3) is 17.6 Å². The largest absolute Gasteiger partial charge is 0.478 e. The standard InChI is InChI=1S/C16H16ClN3O4/c1-16(2,3)13-15(20(23)24)19(9-8-12(21)22)14(18-13)10-4-6-11(17)7-5-10/h4-9H,1-3H3,(H,21,22)/b9-8+. The Morgan fingerprint density at radius 2 is 1.92 bits per heavy atom. The summed E-state index contributed by atoms with van der Waals surface area (Å²) < 4.78 is 1.18. The molecule has 0 aliphatic heterocycles. The predicted octanol–water partition coefficient (Wildman–Crippen LogP) is 3.96. The Balaban J connectivity index is 2.79. The maximum Gasteiger partial charge on any atom is 0.351 e. The number of aliphatic carboxylic acids is 1. The Morgan fingerprint density at radius 3 is 2.38 bits per heavy atom. The van der Waals surface area contributed by atoms with Crippen molar-refractivity contribution in [3.63, 3.8) is 0 Å². The average Bonchev–Trinajstić information content (AvgIpc) is 2.85. The first kappa shape index (κ1) is 17.7. The maximum atomic E-state index is 11.6. The molecule has 2 rings (SSSR count). The van der Waals surface area contributed by atoms with Crippen LogP contribution in [0.15, 0.2) is 30.3 Å². The molecule has 0 aliphatic rings. The number of benzene rings is 1. The number of rotatable bonds is 4. The lowest BCUT2D eigenvalue weighted by Crippen LogP contribution is -2.14. The number of carboxylic acids is 1. The molecular weight excluding hydrogens is 334 g/mol. The van der Waals surface area contributed by atoms with Crippen LogP contribution < -0.4 is 0 Å². The van der Waals surface area contributed by atoms with E-state index in [1.165, 1.54) is 4.57 Å². The second kappa shape index (κ2) is 6.45. The van der Waals surface area contributed by atoms with Crippen LogP contribution in [0.3, 0.4) is 0 Å². The SMILES string of the molecule is CC(C)(C)c1nc(-c2ccc(Cl)cc2)n(/C=C/C(=O)O)c1[N+](=O)[O-]. The van der Waals surface area contributed by atoms with Gasteiger partial charge in [-0.1, -0.05) is 32.4 Å². The Hall–Kier alpha value is -2.67. The van der Waals surface area contributed by atoms with E-state index in [0.29, 0.717) is 10.6 Å². The molecule has 0 unspecified atom stereocenters. The van der Waals surface area contributed by atoms with Crippen molar-refractivity contribution in [2.24, 2.45) is 0 Å². The van der Waals surface area contributed by atoms with Crippen LogP contribution in [-0.4, -0.2) is 25.6 Å². The van der Waals surface area contributed by atoms with Crippen molar-refractivity contribution >= 4 is 29.6 Å². The van der Waals surface area contributed by atoms with E-state index in [1.807, 2.05) is 0 Å². The monoisotopic (exact) mass is 349 g/mol. The Morgan fingerprint density at radius 1 is 1.33 bits per heavy atom. The molecule has 1 N–H and O–H groups in total. The van der Waals surface area contributed by atoms with Crippen molar-refractivity contribution in [3.8, 4) is 11.4 Å². The molecule has 1 heterocycles. The molecule has 7 nitrogen and oxygen atoms in total. The van der Waals surface area contributed by atoms with Gasteiger partial charge in [0, 0.05) is 16.0 Å². The van der Waals surface area contributed by atoms with Gasteiger partial charge in [-0.25, -0.2) is 9.78 Å². The average molecular weight is 350 g/mol.